The van der Waals surface area contributed by atoms with E-state index in [1.807, 2.05) is 30.3 Å². The topological polar surface area (TPSA) is 49.8 Å². The van der Waals surface area contributed by atoms with Crippen molar-refractivity contribution in [2.45, 2.75) is 13.8 Å². The van der Waals surface area contributed by atoms with E-state index in [4.69, 9.17) is 4.74 Å². The molecule has 0 bridgehead atoms. The lowest BCUT2D eigenvalue weighted by Crippen LogP contribution is -2.21. The molecule has 0 aliphatic heterocycles. The van der Waals surface area contributed by atoms with Crippen LogP contribution in [-0.2, 0) is 4.79 Å². The van der Waals surface area contributed by atoms with Gasteiger partial charge in [-0.25, -0.2) is 4.79 Å². The minimum Gasteiger partial charge on any atom is -0.496 e. The highest BCUT2D eigenvalue weighted by Crippen LogP contribution is 2.28. The molecule has 4 heteroatoms. The Balaban J connectivity index is 2.40. The third-order valence-corrected chi connectivity index (χ3v) is 3.96. The molecule has 0 saturated heterocycles. The first-order valence-corrected chi connectivity index (χ1v) is 8.04. The van der Waals surface area contributed by atoms with Crippen molar-refractivity contribution in [2.24, 2.45) is 0 Å². The molecule has 24 heavy (non-hydrogen) atoms. The lowest BCUT2D eigenvalue weighted by molar-refractivity contribution is -0.130. The molecule has 0 fully saturated rings. The Kier molecular flexibility index (Phi) is 6.01. The second-order valence-corrected chi connectivity index (χ2v) is 5.33. The summed E-state index contributed by atoms with van der Waals surface area (Å²) in [6.07, 6.45) is 1.67. The van der Waals surface area contributed by atoms with Crippen LogP contribution in [0.4, 0.5) is 5.69 Å². The number of benzene rings is 2. The van der Waals surface area contributed by atoms with Gasteiger partial charge in [-0.05, 0) is 43.7 Å². The maximum atomic E-state index is 11.7. The van der Waals surface area contributed by atoms with Crippen molar-refractivity contribution in [3.8, 4) is 5.75 Å². The lowest BCUT2D eigenvalue weighted by atomic mass is 10.0. The number of aliphatic carboxylic acids is 1. The second kappa shape index (κ2) is 8.20. The molecule has 4 nitrogen and oxygen atoms in total. The van der Waals surface area contributed by atoms with E-state index in [0.29, 0.717) is 11.3 Å². The number of hydrogen-bond acceptors (Lipinski definition) is 3. The summed E-state index contributed by atoms with van der Waals surface area (Å²) < 4.78 is 5.28. The summed E-state index contributed by atoms with van der Waals surface area (Å²) in [5.74, 6) is -0.432. The highest BCUT2D eigenvalue weighted by Gasteiger charge is 2.15. The molecule has 1 N–H and O–H groups in total. The van der Waals surface area contributed by atoms with Gasteiger partial charge >= 0.3 is 5.97 Å². The summed E-state index contributed by atoms with van der Waals surface area (Å²) in [6, 6.07) is 15.0. The zero-order chi connectivity index (χ0) is 17.5. The van der Waals surface area contributed by atoms with E-state index in [1.165, 1.54) is 7.11 Å². The highest BCUT2D eigenvalue weighted by molar-refractivity contribution is 6.21. The molecule has 0 heterocycles. The normalized spacial score (nSPS) is 11.2. The van der Waals surface area contributed by atoms with Crippen LogP contribution in [-0.4, -0.2) is 31.3 Å². The van der Waals surface area contributed by atoms with Gasteiger partial charge in [-0.2, -0.15) is 0 Å². The maximum absolute atomic E-state index is 11.7. The molecule has 0 atom stereocenters. The Morgan fingerprint density at radius 1 is 1.08 bits per heavy atom. The number of carboxylic acid groups (broad SMARTS) is 1. The van der Waals surface area contributed by atoms with E-state index in [2.05, 4.69) is 18.7 Å². The first kappa shape index (κ1) is 17.6. The molecule has 0 radical (unpaired) electrons. The van der Waals surface area contributed by atoms with Gasteiger partial charge in [0.2, 0.25) is 0 Å². The fourth-order valence-electron chi connectivity index (χ4n) is 2.66. The van der Waals surface area contributed by atoms with Crippen molar-refractivity contribution in [1.29, 1.82) is 0 Å². The Morgan fingerprint density at radius 3 is 2.25 bits per heavy atom. The van der Waals surface area contributed by atoms with Crippen LogP contribution in [0, 0.1) is 0 Å². The molecule has 0 aliphatic carbocycles. The number of carboxylic acids is 1. The fraction of sp³-hybridized carbons (Fsp3) is 0.250. The number of rotatable bonds is 7. The van der Waals surface area contributed by atoms with Gasteiger partial charge in [0.25, 0.3) is 0 Å². The Bertz CT molecular complexity index is 716. The molecule has 0 unspecified atom stereocenters. The average molecular weight is 325 g/mol. The van der Waals surface area contributed by atoms with Crippen molar-refractivity contribution < 1.29 is 14.6 Å². The van der Waals surface area contributed by atoms with E-state index in [1.54, 1.807) is 24.3 Å². The van der Waals surface area contributed by atoms with Crippen molar-refractivity contribution in [2.75, 3.05) is 25.1 Å². The number of ether oxygens (including phenoxy) is 1. The zero-order valence-corrected chi connectivity index (χ0v) is 14.3. The molecule has 126 valence electrons. The third kappa shape index (κ3) is 3.96. The minimum absolute atomic E-state index is 0.211. The van der Waals surface area contributed by atoms with Gasteiger partial charge < -0.3 is 14.7 Å². The minimum atomic E-state index is -0.979. The number of carbonyl (C=O) groups is 1. The van der Waals surface area contributed by atoms with E-state index in [0.717, 1.165) is 24.3 Å². The molecule has 0 spiro atoms. The van der Waals surface area contributed by atoms with E-state index in [-0.39, 0.29) is 5.57 Å². The van der Waals surface area contributed by atoms with Crippen molar-refractivity contribution in [3.05, 3.63) is 59.7 Å². The van der Waals surface area contributed by atoms with Crippen LogP contribution in [0.5, 0.6) is 5.75 Å². The van der Waals surface area contributed by atoms with Crippen molar-refractivity contribution in [3.63, 3.8) is 0 Å². The summed E-state index contributed by atoms with van der Waals surface area (Å²) >= 11 is 0. The summed E-state index contributed by atoms with van der Waals surface area (Å²) in [4.78, 5) is 14.0. The summed E-state index contributed by atoms with van der Waals surface area (Å²) in [6.45, 7) is 6.10. The largest absolute Gasteiger partial charge is 0.496 e. The molecule has 2 aromatic carbocycles. The number of para-hydroxylation sites is 1. The van der Waals surface area contributed by atoms with Gasteiger partial charge in [-0.1, -0.05) is 30.3 Å². The van der Waals surface area contributed by atoms with E-state index >= 15 is 0 Å². The molecular weight excluding hydrogens is 302 g/mol. The number of nitrogens with zero attached hydrogens (tertiary/aromatic N) is 1. The standard InChI is InChI=1S/C20H23NO3/c1-4-21(5-2)16-12-10-15(11-13-16)14-18(20(22)23)17-8-6-7-9-19(17)24-3/h6-14H,4-5H2,1-3H3,(H,22,23)/b18-14-. The first-order chi connectivity index (χ1) is 11.6. The molecule has 0 aromatic heterocycles. The van der Waals surface area contributed by atoms with Crippen molar-refractivity contribution >= 4 is 23.3 Å². The monoisotopic (exact) mass is 325 g/mol. The van der Waals surface area contributed by atoms with Crippen LogP contribution in [0.2, 0.25) is 0 Å². The molecule has 0 amide bonds. The number of anilines is 1. The van der Waals surface area contributed by atoms with Crippen molar-refractivity contribution in [1.82, 2.24) is 0 Å². The Hall–Kier alpha value is -2.75. The summed E-state index contributed by atoms with van der Waals surface area (Å²) in [7, 11) is 1.54. The Labute approximate surface area is 143 Å². The third-order valence-electron chi connectivity index (χ3n) is 3.96. The summed E-state index contributed by atoms with van der Waals surface area (Å²) in [5, 5.41) is 9.59. The van der Waals surface area contributed by atoms with Crippen LogP contribution in [0.15, 0.2) is 48.5 Å². The van der Waals surface area contributed by atoms with E-state index < -0.39 is 5.97 Å². The van der Waals surface area contributed by atoms with Gasteiger partial charge in [-0.15, -0.1) is 0 Å². The maximum Gasteiger partial charge on any atom is 0.336 e. The molecule has 0 saturated carbocycles. The van der Waals surface area contributed by atoms with Crippen LogP contribution in [0.3, 0.4) is 0 Å². The van der Waals surface area contributed by atoms with Gasteiger partial charge in [-0.3, -0.25) is 0 Å². The number of methoxy groups -OCH3 is 1. The highest BCUT2D eigenvalue weighted by atomic mass is 16.5. The smallest absolute Gasteiger partial charge is 0.336 e. The van der Waals surface area contributed by atoms with Crippen LogP contribution < -0.4 is 9.64 Å². The van der Waals surface area contributed by atoms with Gasteiger partial charge in [0.1, 0.15) is 5.75 Å². The summed E-state index contributed by atoms with van der Waals surface area (Å²) in [5.41, 5.74) is 2.75. The molecular formula is C20H23NO3. The van der Waals surface area contributed by atoms with Crippen LogP contribution >= 0.6 is 0 Å². The SMILES string of the molecule is CCN(CC)c1ccc(/C=C(\C(=O)O)c2ccccc2OC)cc1. The predicted molar refractivity (Wildman–Crippen MR) is 98.5 cm³/mol. The zero-order valence-electron chi connectivity index (χ0n) is 14.3. The van der Waals surface area contributed by atoms with Gasteiger partial charge in [0.05, 0.1) is 12.7 Å². The molecule has 0 aliphatic rings. The molecule has 2 aromatic rings. The Morgan fingerprint density at radius 2 is 1.71 bits per heavy atom. The predicted octanol–water partition coefficient (Wildman–Crippen LogP) is 4.17. The molecule has 2 rings (SSSR count). The fourth-order valence-corrected chi connectivity index (χ4v) is 2.66. The van der Waals surface area contributed by atoms with Crippen LogP contribution in [0.25, 0.3) is 11.6 Å². The quantitative estimate of drug-likeness (QED) is 0.613. The van der Waals surface area contributed by atoms with E-state index in [9.17, 15) is 9.90 Å². The first-order valence-electron chi connectivity index (χ1n) is 8.04. The average Bonchev–Trinajstić information content (AvgIpc) is 2.61. The lowest BCUT2D eigenvalue weighted by Gasteiger charge is -2.20. The van der Waals surface area contributed by atoms with Crippen LogP contribution in [0.1, 0.15) is 25.0 Å². The second-order valence-electron chi connectivity index (χ2n) is 5.33. The van der Waals surface area contributed by atoms with Gasteiger partial charge in [0.15, 0.2) is 0 Å². The van der Waals surface area contributed by atoms with Gasteiger partial charge in [0, 0.05) is 24.3 Å². The number of hydrogen-bond donors (Lipinski definition) is 1.